The van der Waals surface area contributed by atoms with Crippen LogP contribution in [0.1, 0.15) is 72.0 Å². The zero-order chi connectivity index (χ0) is 28.2. The van der Waals surface area contributed by atoms with Gasteiger partial charge in [0.05, 0.1) is 25.3 Å². The van der Waals surface area contributed by atoms with Crippen LogP contribution in [-0.2, 0) is 21.5 Å². The van der Waals surface area contributed by atoms with Gasteiger partial charge in [-0.3, -0.25) is 19.8 Å². The molecule has 0 atom stereocenters. The Kier molecular flexibility index (Phi) is 8.81. The van der Waals surface area contributed by atoms with Crippen LogP contribution in [0.15, 0.2) is 30.3 Å². The van der Waals surface area contributed by atoms with Crippen molar-refractivity contribution in [3.05, 3.63) is 58.1 Å². The van der Waals surface area contributed by atoms with Gasteiger partial charge in [0.2, 0.25) is 0 Å². The van der Waals surface area contributed by atoms with E-state index in [2.05, 4.69) is 26.1 Å². The van der Waals surface area contributed by atoms with E-state index >= 15 is 0 Å². The van der Waals surface area contributed by atoms with Crippen LogP contribution in [0.4, 0.5) is 5.69 Å². The summed E-state index contributed by atoms with van der Waals surface area (Å²) in [5, 5.41) is 11.3. The van der Waals surface area contributed by atoms with Crippen molar-refractivity contribution < 1.29 is 23.9 Å². The number of ketones is 1. The average Bonchev–Trinajstić information content (AvgIpc) is 3.16. The number of hydrogen-bond acceptors (Lipinski definition) is 7. The second-order valence-electron chi connectivity index (χ2n) is 10.3. The second kappa shape index (κ2) is 11.7. The summed E-state index contributed by atoms with van der Waals surface area (Å²) < 4.78 is 10.8. The molecule has 0 saturated heterocycles. The molecular formula is C29H38N4O5. The average molecular weight is 523 g/mol. The summed E-state index contributed by atoms with van der Waals surface area (Å²) >= 11 is 0. The monoisotopic (exact) mass is 522 g/mol. The molecule has 0 fully saturated rings. The van der Waals surface area contributed by atoms with Gasteiger partial charge in [-0.2, -0.15) is 0 Å². The molecule has 0 saturated carbocycles. The maximum atomic E-state index is 13.5. The number of Topliss-reactive ketones (excluding diaryl/α,β-unsaturated/α-hetero) is 1. The van der Waals surface area contributed by atoms with Crippen molar-refractivity contribution in [2.24, 2.45) is 0 Å². The molecule has 0 unspecified atom stereocenters. The Balaban J connectivity index is 1.89. The topological polar surface area (TPSA) is 112 Å². The summed E-state index contributed by atoms with van der Waals surface area (Å²) in [6.45, 7) is 11.0. The lowest BCUT2D eigenvalue weighted by Crippen LogP contribution is -2.31. The van der Waals surface area contributed by atoms with E-state index in [9.17, 15) is 14.4 Å². The number of hydrogen-bond donors (Lipinski definition) is 2. The Morgan fingerprint density at radius 1 is 1.08 bits per heavy atom. The van der Waals surface area contributed by atoms with Gasteiger partial charge in [-0.25, -0.2) is 0 Å². The summed E-state index contributed by atoms with van der Waals surface area (Å²) in [7, 11) is 3.34. The van der Waals surface area contributed by atoms with E-state index in [1.165, 1.54) is 0 Å². The first-order chi connectivity index (χ1) is 17.9. The minimum Gasteiger partial charge on any atom is -0.493 e. The molecule has 1 heterocycles. The van der Waals surface area contributed by atoms with E-state index in [0.29, 0.717) is 42.2 Å². The van der Waals surface area contributed by atoms with Gasteiger partial charge in [-0.05, 0) is 60.7 Å². The Morgan fingerprint density at radius 3 is 2.39 bits per heavy atom. The molecule has 0 aliphatic carbocycles. The predicted octanol–water partition coefficient (Wildman–Crippen LogP) is 3.77. The Labute approximate surface area is 224 Å². The number of ether oxygens (including phenoxy) is 2. The van der Waals surface area contributed by atoms with Gasteiger partial charge in [0, 0.05) is 37.5 Å². The Bertz CT molecular complexity index is 1250. The SMILES string of the molecule is CCOC(=O)CN(C)c1cc(C(=O)CN2Cc3cc(OCC)c(C(=O)NC)cc3C2=N)cc(C(C)(C)C)c1. The highest BCUT2D eigenvalue weighted by atomic mass is 16.5. The van der Waals surface area contributed by atoms with Crippen LogP contribution >= 0.6 is 0 Å². The molecule has 1 aliphatic heterocycles. The number of carbonyl (C=O) groups excluding carboxylic acids is 3. The molecule has 2 aromatic carbocycles. The highest BCUT2D eigenvalue weighted by Crippen LogP contribution is 2.32. The van der Waals surface area contributed by atoms with Crippen LogP contribution in [0, 0.1) is 5.41 Å². The van der Waals surface area contributed by atoms with E-state index in [1.54, 1.807) is 49.0 Å². The van der Waals surface area contributed by atoms with Gasteiger partial charge in [0.15, 0.2) is 5.78 Å². The fraction of sp³-hybridized carbons (Fsp3) is 0.448. The molecule has 38 heavy (non-hydrogen) atoms. The number of nitrogens with zero attached hydrogens (tertiary/aromatic N) is 2. The van der Waals surface area contributed by atoms with Crippen molar-refractivity contribution in [3.63, 3.8) is 0 Å². The minimum absolute atomic E-state index is 0.00140. The summed E-state index contributed by atoms with van der Waals surface area (Å²) in [4.78, 5) is 41.5. The van der Waals surface area contributed by atoms with Crippen LogP contribution in [0.5, 0.6) is 5.75 Å². The van der Waals surface area contributed by atoms with Crippen molar-refractivity contribution in [3.8, 4) is 5.75 Å². The first-order valence-corrected chi connectivity index (χ1v) is 12.8. The smallest absolute Gasteiger partial charge is 0.325 e. The number of nitrogens with one attached hydrogen (secondary N) is 2. The van der Waals surface area contributed by atoms with Crippen molar-refractivity contribution >= 4 is 29.2 Å². The quantitative estimate of drug-likeness (QED) is 0.361. The number of amides is 1. The molecule has 9 heteroatoms. The molecule has 0 radical (unpaired) electrons. The van der Waals surface area contributed by atoms with Crippen LogP contribution in [-0.4, -0.2) is 68.8 Å². The largest absolute Gasteiger partial charge is 0.493 e. The van der Waals surface area contributed by atoms with Crippen molar-refractivity contribution in [2.45, 2.75) is 46.6 Å². The lowest BCUT2D eigenvalue weighted by molar-refractivity contribution is -0.141. The van der Waals surface area contributed by atoms with Gasteiger partial charge < -0.3 is 24.6 Å². The van der Waals surface area contributed by atoms with E-state index in [4.69, 9.17) is 14.9 Å². The first-order valence-electron chi connectivity index (χ1n) is 12.8. The summed E-state index contributed by atoms with van der Waals surface area (Å²) in [5.41, 5.74) is 3.79. The number of fused-ring (bicyclic) bond motifs is 1. The lowest BCUT2D eigenvalue weighted by atomic mass is 9.85. The fourth-order valence-corrected chi connectivity index (χ4v) is 4.33. The third-order valence-electron chi connectivity index (χ3n) is 6.46. The number of rotatable bonds is 10. The number of likely N-dealkylation sites (N-methyl/N-ethyl adjacent to an activating group) is 1. The summed E-state index contributed by atoms with van der Waals surface area (Å²) in [5.74, 6) is -0.130. The first kappa shape index (κ1) is 28.7. The molecule has 9 nitrogen and oxygen atoms in total. The predicted molar refractivity (Wildman–Crippen MR) is 148 cm³/mol. The van der Waals surface area contributed by atoms with Gasteiger partial charge in [0.25, 0.3) is 5.91 Å². The standard InChI is InChI=1S/C29H38N4O5/c1-8-37-25-12-19-15-33(27(30)22(19)14-23(25)28(36)31-6)16-24(34)18-10-20(29(3,4)5)13-21(11-18)32(7)17-26(35)38-9-2/h10-14,30H,8-9,15-17H2,1-7H3,(H,31,36). The zero-order valence-electron chi connectivity index (χ0n) is 23.4. The molecule has 2 N–H and O–H groups in total. The molecule has 0 spiro atoms. The third kappa shape index (κ3) is 6.33. The Hall–Kier alpha value is -3.88. The summed E-state index contributed by atoms with van der Waals surface area (Å²) in [6.07, 6.45) is 0. The number of carbonyl (C=O) groups is 3. The van der Waals surface area contributed by atoms with Crippen LogP contribution in [0.25, 0.3) is 0 Å². The molecule has 3 rings (SSSR count). The number of amidine groups is 1. The fourth-order valence-electron chi connectivity index (χ4n) is 4.33. The molecule has 2 aromatic rings. The van der Waals surface area contributed by atoms with Crippen LogP contribution < -0.4 is 15.0 Å². The molecular weight excluding hydrogens is 484 g/mol. The van der Waals surface area contributed by atoms with Gasteiger partial charge >= 0.3 is 5.97 Å². The number of benzene rings is 2. The second-order valence-corrected chi connectivity index (χ2v) is 10.3. The minimum atomic E-state index is -0.338. The number of anilines is 1. The molecule has 0 aromatic heterocycles. The van der Waals surface area contributed by atoms with Gasteiger partial charge in [-0.1, -0.05) is 20.8 Å². The highest BCUT2D eigenvalue weighted by Gasteiger charge is 2.30. The lowest BCUT2D eigenvalue weighted by Gasteiger charge is -2.25. The molecule has 0 bridgehead atoms. The summed E-state index contributed by atoms with van der Waals surface area (Å²) in [6, 6.07) is 9.09. The van der Waals surface area contributed by atoms with Crippen molar-refractivity contribution in [1.29, 1.82) is 5.41 Å². The van der Waals surface area contributed by atoms with Crippen molar-refractivity contribution in [1.82, 2.24) is 10.2 Å². The molecule has 1 aliphatic rings. The normalized spacial score (nSPS) is 12.7. The zero-order valence-corrected chi connectivity index (χ0v) is 23.4. The van der Waals surface area contributed by atoms with E-state index in [0.717, 1.165) is 16.8 Å². The number of esters is 1. The Morgan fingerprint density at radius 2 is 1.79 bits per heavy atom. The third-order valence-corrected chi connectivity index (χ3v) is 6.46. The van der Waals surface area contributed by atoms with E-state index in [1.807, 2.05) is 19.1 Å². The molecule has 204 valence electrons. The van der Waals surface area contributed by atoms with Crippen molar-refractivity contribution in [2.75, 3.05) is 45.3 Å². The van der Waals surface area contributed by atoms with Gasteiger partial charge in [0.1, 0.15) is 18.1 Å². The van der Waals surface area contributed by atoms with E-state index < -0.39 is 0 Å². The maximum Gasteiger partial charge on any atom is 0.325 e. The highest BCUT2D eigenvalue weighted by molar-refractivity contribution is 6.07. The van der Waals surface area contributed by atoms with Gasteiger partial charge in [-0.15, -0.1) is 0 Å². The van der Waals surface area contributed by atoms with Crippen LogP contribution in [0.2, 0.25) is 0 Å². The maximum absolute atomic E-state index is 13.5. The molecule has 1 amide bonds. The van der Waals surface area contributed by atoms with Crippen LogP contribution in [0.3, 0.4) is 0 Å². The van der Waals surface area contributed by atoms with E-state index in [-0.39, 0.29) is 42.0 Å².